The van der Waals surface area contributed by atoms with Gasteiger partial charge in [0.2, 0.25) is 0 Å². The summed E-state index contributed by atoms with van der Waals surface area (Å²) in [5.41, 5.74) is 0.671. The van der Waals surface area contributed by atoms with E-state index in [0.29, 0.717) is 36.9 Å². The molecule has 0 saturated carbocycles. The van der Waals surface area contributed by atoms with Crippen molar-refractivity contribution in [2.45, 2.75) is 38.3 Å². The topological polar surface area (TPSA) is 47.6 Å². The lowest BCUT2D eigenvalue weighted by atomic mass is 10.1. The van der Waals surface area contributed by atoms with Crippen LogP contribution in [0.4, 0.5) is 4.39 Å². The lowest BCUT2D eigenvalue weighted by molar-refractivity contribution is -0.0136. The molecule has 2 aromatic rings. The molecule has 2 heterocycles. The van der Waals surface area contributed by atoms with Crippen LogP contribution in [0.2, 0.25) is 0 Å². The quantitative estimate of drug-likeness (QED) is 0.874. The highest BCUT2D eigenvalue weighted by atomic mass is 32.1. The van der Waals surface area contributed by atoms with Crippen molar-refractivity contribution in [3.63, 3.8) is 0 Å². The van der Waals surface area contributed by atoms with Gasteiger partial charge in [-0.3, -0.25) is 4.79 Å². The van der Waals surface area contributed by atoms with E-state index >= 15 is 0 Å². The molecule has 0 unspecified atom stereocenters. The normalized spacial score (nSPS) is 20.5. The van der Waals surface area contributed by atoms with Crippen LogP contribution >= 0.6 is 11.3 Å². The van der Waals surface area contributed by atoms with Crippen LogP contribution in [0.15, 0.2) is 35.7 Å². The molecule has 0 aliphatic carbocycles. The number of carbonyl (C=O) groups excluding carboxylic acids is 1. The van der Waals surface area contributed by atoms with E-state index in [1.165, 1.54) is 17.0 Å². The summed E-state index contributed by atoms with van der Waals surface area (Å²) in [6, 6.07) is 7.76. The third-order valence-corrected chi connectivity index (χ3v) is 5.39. The Labute approximate surface area is 151 Å². The highest BCUT2D eigenvalue weighted by molar-refractivity contribution is 7.10. The third-order valence-electron chi connectivity index (χ3n) is 4.16. The van der Waals surface area contributed by atoms with Crippen LogP contribution < -0.4 is 10.1 Å². The average Bonchev–Trinajstić information content (AvgIpc) is 3.07. The molecule has 1 N–H and O–H groups in total. The van der Waals surface area contributed by atoms with Crippen molar-refractivity contribution in [2.75, 3.05) is 13.2 Å². The summed E-state index contributed by atoms with van der Waals surface area (Å²) >= 11 is 1.59. The van der Waals surface area contributed by atoms with Crippen LogP contribution in [-0.2, 0) is 4.74 Å². The Kier molecular flexibility index (Phi) is 5.71. The number of rotatable bonds is 5. The number of halogens is 1. The van der Waals surface area contributed by atoms with Crippen molar-refractivity contribution in [2.24, 2.45) is 0 Å². The van der Waals surface area contributed by atoms with Gasteiger partial charge in [0.15, 0.2) is 0 Å². The van der Waals surface area contributed by atoms with Crippen molar-refractivity contribution >= 4 is 17.2 Å². The number of thiophene rings is 1. The van der Waals surface area contributed by atoms with Gasteiger partial charge in [-0.05, 0) is 30.5 Å². The van der Waals surface area contributed by atoms with E-state index < -0.39 is 0 Å². The molecule has 1 aliphatic heterocycles. The number of carbonyl (C=O) groups is 1. The summed E-state index contributed by atoms with van der Waals surface area (Å²) in [5, 5.41) is 4.92. The summed E-state index contributed by atoms with van der Waals surface area (Å²) in [6.07, 6.45) is 0.315. The minimum atomic E-state index is -0.352. The predicted molar refractivity (Wildman–Crippen MR) is 95.9 cm³/mol. The zero-order valence-electron chi connectivity index (χ0n) is 14.3. The van der Waals surface area contributed by atoms with Gasteiger partial charge < -0.3 is 14.8 Å². The summed E-state index contributed by atoms with van der Waals surface area (Å²) in [7, 11) is 0. The maximum atomic E-state index is 13.3. The molecule has 1 saturated heterocycles. The lowest BCUT2D eigenvalue weighted by Crippen LogP contribution is -2.51. The first-order chi connectivity index (χ1) is 12.0. The molecule has 3 rings (SSSR count). The largest absolute Gasteiger partial charge is 0.486 e. The molecule has 134 valence electrons. The molecule has 0 bridgehead atoms. The first-order valence-corrected chi connectivity index (χ1v) is 9.30. The van der Waals surface area contributed by atoms with Gasteiger partial charge in [0, 0.05) is 22.9 Å². The van der Waals surface area contributed by atoms with Gasteiger partial charge in [-0.2, -0.15) is 0 Å². The van der Waals surface area contributed by atoms with E-state index in [2.05, 4.69) is 19.2 Å². The fourth-order valence-electron chi connectivity index (χ4n) is 2.73. The van der Waals surface area contributed by atoms with Crippen LogP contribution in [0.1, 0.15) is 41.4 Å². The van der Waals surface area contributed by atoms with Crippen molar-refractivity contribution in [3.8, 4) is 5.75 Å². The van der Waals surface area contributed by atoms with E-state index in [0.717, 1.165) is 0 Å². The number of nitrogens with one attached hydrogen (secondary N) is 1. The number of ether oxygens (including phenoxy) is 2. The second-order valence-electron chi connectivity index (χ2n) is 6.45. The zero-order valence-corrected chi connectivity index (χ0v) is 15.1. The Morgan fingerprint density at radius 2 is 2.24 bits per heavy atom. The maximum absolute atomic E-state index is 13.3. The molecule has 1 aliphatic rings. The van der Waals surface area contributed by atoms with Crippen LogP contribution in [0.5, 0.6) is 5.75 Å². The molecule has 25 heavy (non-hydrogen) atoms. The van der Waals surface area contributed by atoms with Crippen molar-refractivity contribution in [3.05, 3.63) is 52.0 Å². The first kappa shape index (κ1) is 17.9. The van der Waals surface area contributed by atoms with Crippen molar-refractivity contribution in [1.82, 2.24) is 5.32 Å². The molecule has 1 amide bonds. The highest BCUT2D eigenvalue weighted by Gasteiger charge is 2.29. The van der Waals surface area contributed by atoms with Gasteiger partial charge in [0.25, 0.3) is 5.91 Å². The summed E-state index contributed by atoms with van der Waals surface area (Å²) in [5.74, 6) is 0.378. The molecule has 1 aromatic carbocycles. The number of hydrogen-bond donors (Lipinski definition) is 1. The van der Waals surface area contributed by atoms with Crippen LogP contribution in [-0.4, -0.2) is 31.3 Å². The van der Waals surface area contributed by atoms with Crippen LogP contribution in [0.3, 0.4) is 0 Å². The summed E-state index contributed by atoms with van der Waals surface area (Å²) < 4.78 is 24.7. The van der Waals surface area contributed by atoms with Gasteiger partial charge in [-0.1, -0.05) is 19.9 Å². The van der Waals surface area contributed by atoms with Gasteiger partial charge in [-0.25, -0.2) is 4.39 Å². The average molecular weight is 363 g/mol. The minimum absolute atomic E-state index is 0.108. The molecule has 2 atom stereocenters. The minimum Gasteiger partial charge on any atom is -0.486 e. The van der Waals surface area contributed by atoms with E-state index in [1.807, 2.05) is 11.4 Å². The highest BCUT2D eigenvalue weighted by Crippen LogP contribution is 2.24. The number of benzene rings is 1. The molecular formula is C19H22FNO3S. The lowest BCUT2D eigenvalue weighted by Gasteiger charge is -2.32. The van der Waals surface area contributed by atoms with E-state index in [-0.39, 0.29) is 23.9 Å². The number of amides is 1. The summed E-state index contributed by atoms with van der Waals surface area (Å²) in [6.45, 7) is 5.14. The predicted octanol–water partition coefficient (Wildman–Crippen LogP) is 3.98. The molecular weight excluding hydrogens is 341 g/mol. The van der Waals surface area contributed by atoms with Gasteiger partial charge >= 0.3 is 0 Å². The van der Waals surface area contributed by atoms with Gasteiger partial charge in [0.1, 0.15) is 17.7 Å². The van der Waals surface area contributed by atoms with Crippen molar-refractivity contribution in [1.29, 1.82) is 0 Å². The fraction of sp³-hybridized carbons (Fsp3) is 0.421. The second kappa shape index (κ2) is 7.97. The Balaban J connectivity index is 1.66. The monoisotopic (exact) mass is 363 g/mol. The summed E-state index contributed by atoms with van der Waals surface area (Å²) in [4.78, 5) is 13.7. The van der Waals surface area contributed by atoms with Crippen LogP contribution in [0.25, 0.3) is 0 Å². The van der Waals surface area contributed by atoms with E-state index in [9.17, 15) is 9.18 Å². The molecule has 1 aromatic heterocycles. The fourth-order valence-corrected chi connectivity index (χ4v) is 3.64. The molecule has 1 fully saturated rings. The van der Waals surface area contributed by atoms with Gasteiger partial charge in [-0.15, -0.1) is 11.3 Å². The first-order valence-electron chi connectivity index (χ1n) is 8.42. The second-order valence-corrected chi connectivity index (χ2v) is 7.39. The third kappa shape index (κ3) is 4.58. The van der Waals surface area contributed by atoms with Crippen molar-refractivity contribution < 1.29 is 18.7 Å². The Morgan fingerprint density at radius 1 is 1.40 bits per heavy atom. The van der Waals surface area contributed by atoms with Gasteiger partial charge in [0.05, 0.1) is 18.2 Å². The number of hydrogen-bond acceptors (Lipinski definition) is 4. The standard InChI is InChI=1S/C19H22FNO3S/c1-12(2)18-8-13(11-25-18)19(22)21-16-6-7-23-10-17(16)24-15-5-3-4-14(20)9-15/h3-5,8-9,11-12,16-17H,6-7,10H2,1-2H3,(H,21,22)/t16-,17-/m1/s1. The molecule has 4 nitrogen and oxygen atoms in total. The Morgan fingerprint density at radius 3 is 2.96 bits per heavy atom. The maximum Gasteiger partial charge on any atom is 0.252 e. The Hall–Kier alpha value is -1.92. The zero-order chi connectivity index (χ0) is 17.8. The SMILES string of the molecule is CC(C)c1cc(C(=O)N[C@@H]2CCOC[C@H]2Oc2cccc(F)c2)cs1. The van der Waals surface area contributed by atoms with Crippen LogP contribution in [0, 0.1) is 5.82 Å². The molecule has 6 heteroatoms. The van der Waals surface area contributed by atoms with E-state index in [4.69, 9.17) is 9.47 Å². The smallest absolute Gasteiger partial charge is 0.252 e. The Bertz CT molecular complexity index is 731. The molecule has 0 radical (unpaired) electrons. The van der Waals surface area contributed by atoms with E-state index in [1.54, 1.807) is 23.5 Å². The molecule has 0 spiro atoms.